The Labute approximate surface area is 210 Å². The highest BCUT2D eigenvalue weighted by Gasteiger charge is 2.23. The Balaban J connectivity index is 1.66. The Morgan fingerprint density at radius 1 is 0.886 bits per heavy atom. The summed E-state index contributed by atoms with van der Waals surface area (Å²) in [7, 11) is 0. The predicted molar refractivity (Wildman–Crippen MR) is 143 cm³/mol. The number of carbonyl (C=O) groups is 1. The van der Waals surface area contributed by atoms with E-state index in [0.29, 0.717) is 29.6 Å². The number of hydrogen-bond acceptors (Lipinski definition) is 6. The van der Waals surface area contributed by atoms with Crippen LogP contribution in [0.4, 0.5) is 5.13 Å². The highest BCUT2D eigenvalue weighted by Crippen LogP contribution is 2.35. The number of benzene rings is 3. The largest absolute Gasteiger partial charge is 0.492 e. The Morgan fingerprint density at radius 2 is 1.63 bits per heavy atom. The van der Waals surface area contributed by atoms with Crippen molar-refractivity contribution >= 4 is 32.6 Å². The first-order chi connectivity index (χ1) is 17.1. The summed E-state index contributed by atoms with van der Waals surface area (Å²) in [6, 6.07) is 22.8. The van der Waals surface area contributed by atoms with Crippen molar-refractivity contribution in [3.63, 3.8) is 0 Å². The van der Waals surface area contributed by atoms with Crippen LogP contribution in [0, 0.1) is 0 Å². The third-order valence-electron chi connectivity index (χ3n) is 5.74. The lowest BCUT2D eigenvalue weighted by Gasteiger charge is -2.25. The van der Waals surface area contributed by atoms with Crippen molar-refractivity contribution in [3.05, 3.63) is 78.4 Å². The third-order valence-corrected chi connectivity index (χ3v) is 6.78. The minimum Gasteiger partial charge on any atom is -0.492 e. The number of nitrogens with zero attached hydrogens (tertiary/aromatic N) is 3. The zero-order valence-corrected chi connectivity index (χ0v) is 21.3. The zero-order valence-electron chi connectivity index (χ0n) is 20.4. The van der Waals surface area contributed by atoms with E-state index in [0.717, 1.165) is 41.3 Å². The standard InChI is InChI=1S/C28H31N3O3S/c1-4-30(5-2)18-19-31(28-29-26-24(33-6-3)16-11-17-25(26)35-28)27(32)21-12-10-15-23(20-21)34-22-13-8-7-9-14-22/h7-17,20H,4-6,18-19H2,1-3H3. The molecule has 0 N–H and O–H groups in total. The minimum atomic E-state index is -0.104. The van der Waals surface area contributed by atoms with Gasteiger partial charge in [-0.3, -0.25) is 9.69 Å². The van der Waals surface area contributed by atoms with Crippen LogP contribution in [-0.2, 0) is 0 Å². The van der Waals surface area contributed by atoms with E-state index in [-0.39, 0.29) is 5.91 Å². The first-order valence-corrected chi connectivity index (χ1v) is 12.8. The molecule has 0 aliphatic heterocycles. The average Bonchev–Trinajstić information content (AvgIpc) is 3.32. The molecule has 0 aliphatic carbocycles. The molecule has 4 rings (SSSR count). The van der Waals surface area contributed by atoms with Gasteiger partial charge in [0.2, 0.25) is 0 Å². The van der Waals surface area contributed by atoms with E-state index < -0.39 is 0 Å². The molecule has 0 saturated carbocycles. The Kier molecular flexibility index (Phi) is 8.34. The molecule has 0 fully saturated rings. The zero-order chi connectivity index (χ0) is 24.6. The van der Waals surface area contributed by atoms with E-state index >= 15 is 0 Å². The Morgan fingerprint density at radius 3 is 2.37 bits per heavy atom. The number of fused-ring (bicyclic) bond motifs is 1. The van der Waals surface area contributed by atoms with Crippen molar-refractivity contribution < 1.29 is 14.3 Å². The summed E-state index contributed by atoms with van der Waals surface area (Å²) in [6.45, 7) is 9.92. The number of rotatable bonds is 11. The van der Waals surface area contributed by atoms with Crippen LogP contribution in [0.5, 0.6) is 17.2 Å². The van der Waals surface area contributed by atoms with Crippen molar-refractivity contribution in [2.45, 2.75) is 20.8 Å². The number of thiazole rings is 1. The molecule has 0 aliphatic rings. The molecule has 182 valence electrons. The maximum absolute atomic E-state index is 13.8. The van der Waals surface area contributed by atoms with Crippen molar-refractivity contribution in [3.8, 4) is 17.2 Å². The molecule has 0 saturated heterocycles. The summed E-state index contributed by atoms with van der Waals surface area (Å²) in [6.07, 6.45) is 0. The third kappa shape index (κ3) is 5.99. The second kappa shape index (κ2) is 11.8. The Hall–Kier alpha value is -3.42. The molecule has 4 aromatic rings. The van der Waals surface area contributed by atoms with Crippen LogP contribution in [0.1, 0.15) is 31.1 Å². The maximum atomic E-state index is 13.8. The number of likely N-dealkylation sites (N-methyl/N-ethyl adjacent to an activating group) is 1. The van der Waals surface area contributed by atoms with Crippen LogP contribution in [0.15, 0.2) is 72.8 Å². The fraction of sp³-hybridized carbons (Fsp3) is 0.286. The van der Waals surface area contributed by atoms with Gasteiger partial charge in [0.25, 0.3) is 5.91 Å². The van der Waals surface area contributed by atoms with Gasteiger partial charge in [0.15, 0.2) is 5.13 Å². The average molecular weight is 490 g/mol. The smallest absolute Gasteiger partial charge is 0.260 e. The van der Waals surface area contributed by atoms with E-state index in [1.807, 2.05) is 73.7 Å². The SMILES string of the molecule is CCOc1cccc2sc(N(CCN(CC)CC)C(=O)c3cccc(Oc4ccccc4)c3)nc12. The minimum absolute atomic E-state index is 0.104. The lowest BCUT2D eigenvalue weighted by molar-refractivity contribution is 0.0983. The van der Waals surface area contributed by atoms with Crippen molar-refractivity contribution in [1.82, 2.24) is 9.88 Å². The van der Waals surface area contributed by atoms with Crippen LogP contribution >= 0.6 is 11.3 Å². The second-order valence-corrected chi connectivity index (χ2v) is 8.97. The van der Waals surface area contributed by atoms with Gasteiger partial charge >= 0.3 is 0 Å². The number of carbonyl (C=O) groups excluding carboxylic acids is 1. The monoisotopic (exact) mass is 489 g/mol. The molecule has 0 unspecified atom stereocenters. The quantitative estimate of drug-likeness (QED) is 0.241. The Bertz CT molecular complexity index is 1250. The first-order valence-electron chi connectivity index (χ1n) is 12.0. The molecular weight excluding hydrogens is 458 g/mol. The normalized spacial score (nSPS) is 11.1. The van der Waals surface area contributed by atoms with Gasteiger partial charge in [-0.05, 0) is 62.5 Å². The maximum Gasteiger partial charge on any atom is 0.260 e. The summed E-state index contributed by atoms with van der Waals surface area (Å²) in [5.41, 5.74) is 1.35. The molecule has 0 bridgehead atoms. The van der Waals surface area contributed by atoms with Crippen LogP contribution in [0.3, 0.4) is 0 Å². The summed E-state index contributed by atoms with van der Waals surface area (Å²) in [5.74, 6) is 1.98. The van der Waals surface area contributed by atoms with Gasteiger partial charge in [-0.2, -0.15) is 0 Å². The number of anilines is 1. The first kappa shape index (κ1) is 24.7. The molecule has 1 aromatic heterocycles. The summed E-state index contributed by atoms with van der Waals surface area (Å²) < 4.78 is 12.7. The van der Waals surface area contributed by atoms with Gasteiger partial charge in [-0.25, -0.2) is 4.98 Å². The van der Waals surface area contributed by atoms with Gasteiger partial charge in [0, 0.05) is 18.7 Å². The van der Waals surface area contributed by atoms with E-state index in [4.69, 9.17) is 14.5 Å². The predicted octanol–water partition coefficient (Wildman–Crippen LogP) is 6.48. The highest BCUT2D eigenvalue weighted by atomic mass is 32.1. The molecular formula is C28H31N3O3S. The number of aromatic nitrogens is 1. The van der Waals surface area contributed by atoms with Crippen LogP contribution < -0.4 is 14.4 Å². The molecule has 3 aromatic carbocycles. The van der Waals surface area contributed by atoms with E-state index in [1.54, 1.807) is 11.0 Å². The fourth-order valence-corrected chi connectivity index (χ4v) is 4.84. The number of ether oxygens (including phenoxy) is 2. The van der Waals surface area contributed by atoms with Crippen molar-refractivity contribution in [1.29, 1.82) is 0 Å². The molecule has 0 atom stereocenters. The van der Waals surface area contributed by atoms with Crippen LogP contribution in [-0.4, -0.2) is 48.6 Å². The lowest BCUT2D eigenvalue weighted by Crippen LogP contribution is -2.38. The van der Waals surface area contributed by atoms with E-state index in [2.05, 4.69) is 18.7 Å². The molecule has 1 heterocycles. The molecule has 1 amide bonds. The second-order valence-electron chi connectivity index (χ2n) is 7.96. The van der Waals surface area contributed by atoms with Gasteiger partial charge < -0.3 is 14.4 Å². The number of para-hydroxylation sites is 2. The van der Waals surface area contributed by atoms with Gasteiger partial charge in [0.1, 0.15) is 22.8 Å². The van der Waals surface area contributed by atoms with Crippen molar-refractivity contribution in [2.75, 3.05) is 37.7 Å². The summed E-state index contributed by atoms with van der Waals surface area (Å²) in [5, 5.41) is 0.665. The summed E-state index contributed by atoms with van der Waals surface area (Å²) >= 11 is 1.51. The lowest BCUT2D eigenvalue weighted by atomic mass is 10.2. The fourth-order valence-electron chi connectivity index (χ4n) is 3.84. The van der Waals surface area contributed by atoms with Crippen LogP contribution in [0.2, 0.25) is 0 Å². The van der Waals surface area contributed by atoms with Gasteiger partial charge in [0.05, 0.1) is 11.3 Å². The molecule has 7 heteroatoms. The van der Waals surface area contributed by atoms with E-state index in [1.165, 1.54) is 11.3 Å². The van der Waals surface area contributed by atoms with Crippen molar-refractivity contribution in [2.24, 2.45) is 0 Å². The summed E-state index contributed by atoms with van der Waals surface area (Å²) in [4.78, 5) is 22.7. The van der Waals surface area contributed by atoms with Gasteiger partial charge in [-0.15, -0.1) is 0 Å². The topological polar surface area (TPSA) is 54.9 Å². The van der Waals surface area contributed by atoms with Crippen LogP contribution in [0.25, 0.3) is 10.2 Å². The molecule has 0 radical (unpaired) electrons. The number of amides is 1. The number of hydrogen-bond donors (Lipinski definition) is 0. The molecule has 35 heavy (non-hydrogen) atoms. The highest BCUT2D eigenvalue weighted by molar-refractivity contribution is 7.22. The van der Waals surface area contributed by atoms with Gasteiger partial charge in [-0.1, -0.05) is 55.5 Å². The molecule has 0 spiro atoms. The molecule has 6 nitrogen and oxygen atoms in total. The van der Waals surface area contributed by atoms with E-state index in [9.17, 15) is 4.79 Å².